The van der Waals surface area contributed by atoms with E-state index in [9.17, 15) is 18.4 Å². The van der Waals surface area contributed by atoms with Crippen molar-refractivity contribution < 1.29 is 23.1 Å². The van der Waals surface area contributed by atoms with E-state index in [-0.39, 0.29) is 11.7 Å². The minimum atomic E-state index is -1.05. The quantitative estimate of drug-likeness (QED) is 0.884. The van der Waals surface area contributed by atoms with Crippen molar-refractivity contribution in [3.8, 4) is 0 Å². The number of nitrogens with zero attached hydrogens (tertiary/aromatic N) is 2. The summed E-state index contributed by atoms with van der Waals surface area (Å²) in [5.74, 6) is -2.48. The number of carbonyl (C=O) groups is 2. The summed E-state index contributed by atoms with van der Waals surface area (Å²) in [6, 6.07) is 3.05. The molecule has 144 valence electrons. The van der Waals surface area contributed by atoms with Crippen LogP contribution < -0.4 is 5.32 Å². The van der Waals surface area contributed by atoms with E-state index in [0.29, 0.717) is 39.3 Å². The molecule has 1 fully saturated rings. The standard InChI is InChI=1S/C18H25F2N3O3/c1-18(2,3)26-17(25)23-10-8-22(9-11-23)7-6-21-16(24)13-4-5-14(19)15(20)12-13/h4-5,12H,6-11H2,1-3H3,(H,21,24). The van der Waals surface area contributed by atoms with Crippen molar-refractivity contribution in [3.63, 3.8) is 0 Å². The molecule has 0 unspecified atom stereocenters. The van der Waals surface area contributed by atoms with Crippen molar-refractivity contribution in [1.82, 2.24) is 15.1 Å². The first-order valence-electron chi connectivity index (χ1n) is 8.59. The first kappa shape index (κ1) is 20.1. The van der Waals surface area contributed by atoms with Crippen LogP contribution in [0.3, 0.4) is 0 Å². The normalized spacial score (nSPS) is 15.7. The number of rotatable bonds is 4. The van der Waals surface area contributed by atoms with Crippen molar-refractivity contribution in [3.05, 3.63) is 35.4 Å². The minimum Gasteiger partial charge on any atom is -0.444 e. The number of hydrogen-bond acceptors (Lipinski definition) is 4. The Morgan fingerprint density at radius 2 is 1.77 bits per heavy atom. The maximum absolute atomic E-state index is 13.2. The van der Waals surface area contributed by atoms with E-state index in [1.54, 1.807) is 4.90 Å². The molecule has 1 saturated heterocycles. The van der Waals surface area contributed by atoms with E-state index in [4.69, 9.17) is 4.74 Å². The van der Waals surface area contributed by atoms with Gasteiger partial charge in [-0.2, -0.15) is 0 Å². The van der Waals surface area contributed by atoms with Gasteiger partial charge in [-0.1, -0.05) is 0 Å². The molecule has 2 amide bonds. The maximum Gasteiger partial charge on any atom is 0.410 e. The Morgan fingerprint density at radius 3 is 2.35 bits per heavy atom. The average Bonchev–Trinajstić information content (AvgIpc) is 2.56. The van der Waals surface area contributed by atoms with E-state index >= 15 is 0 Å². The first-order chi connectivity index (χ1) is 12.2. The summed E-state index contributed by atoms with van der Waals surface area (Å²) in [4.78, 5) is 27.7. The van der Waals surface area contributed by atoms with Crippen LogP contribution in [-0.4, -0.2) is 66.7 Å². The summed E-state index contributed by atoms with van der Waals surface area (Å²) in [6.45, 7) is 8.96. The molecule has 1 aliphatic heterocycles. The molecule has 0 radical (unpaired) electrons. The number of nitrogens with one attached hydrogen (secondary N) is 1. The molecule has 1 aromatic carbocycles. The van der Waals surface area contributed by atoms with Gasteiger partial charge in [0.05, 0.1) is 0 Å². The van der Waals surface area contributed by atoms with Gasteiger partial charge in [0.15, 0.2) is 11.6 Å². The van der Waals surface area contributed by atoms with Crippen molar-refractivity contribution in [2.45, 2.75) is 26.4 Å². The van der Waals surface area contributed by atoms with Gasteiger partial charge in [0.2, 0.25) is 0 Å². The molecule has 26 heavy (non-hydrogen) atoms. The zero-order valence-corrected chi connectivity index (χ0v) is 15.3. The summed E-state index contributed by atoms with van der Waals surface area (Å²) in [7, 11) is 0. The van der Waals surface area contributed by atoms with E-state index in [0.717, 1.165) is 12.1 Å². The molecule has 8 heteroatoms. The molecular weight excluding hydrogens is 344 g/mol. The highest BCUT2D eigenvalue weighted by atomic mass is 19.2. The van der Waals surface area contributed by atoms with Gasteiger partial charge in [-0.3, -0.25) is 9.69 Å². The van der Waals surface area contributed by atoms with Gasteiger partial charge in [0, 0.05) is 44.8 Å². The van der Waals surface area contributed by atoms with Crippen LogP contribution in [0.15, 0.2) is 18.2 Å². The molecule has 0 bridgehead atoms. The largest absolute Gasteiger partial charge is 0.444 e. The summed E-state index contributed by atoms with van der Waals surface area (Å²) in [5.41, 5.74) is -0.433. The molecule has 2 rings (SSSR count). The number of hydrogen-bond donors (Lipinski definition) is 1. The lowest BCUT2D eigenvalue weighted by molar-refractivity contribution is 0.0147. The minimum absolute atomic E-state index is 0.0821. The Labute approximate surface area is 152 Å². The number of piperazine rings is 1. The predicted octanol–water partition coefficient (Wildman–Crippen LogP) is 2.25. The van der Waals surface area contributed by atoms with E-state index < -0.39 is 23.1 Å². The molecule has 1 aromatic rings. The van der Waals surface area contributed by atoms with Crippen LogP contribution in [-0.2, 0) is 4.74 Å². The van der Waals surface area contributed by atoms with Crippen molar-refractivity contribution >= 4 is 12.0 Å². The fraction of sp³-hybridized carbons (Fsp3) is 0.556. The van der Waals surface area contributed by atoms with Crippen molar-refractivity contribution in [2.24, 2.45) is 0 Å². The smallest absolute Gasteiger partial charge is 0.410 e. The van der Waals surface area contributed by atoms with E-state index in [2.05, 4.69) is 10.2 Å². The van der Waals surface area contributed by atoms with Gasteiger partial charge >= 0.3 is 6.09 Å². The molecule has 1 heterocycles. The van der Waals surface area contributed by atoms with Crippen LogP contribution in [0.25, 0.3) is 0 Å². The van der Waals surface area contributed by atoms with Gasteiger partial charge in [-0.05, 0) is 39.0 Å². The second-order valence-electron chi connectivity index (χ2n) is 7.19. The second kappa shape index (κ2) is 8.44. The van der Waals surface area contributed by atoms with Crippen LogP contribution in [0.1, 0.15) is 31.1 Å². The number of benzene rings is 1. The lowest BCUT2D eigenvalue weighted by Crippen LogP contribution is -2.51. The van der Waals surface area contributed by atoms with Gasteiger partial charge < -0.3 is 15.0 Å². The Balaban J connectivity index is 1.71. The Hall–Kier alpha value is -2.22. The number of ether oxygens (including phenoxy) is 1. The lowest BCUT2D eigenvalue weighted by Gasteiger charge is -2.35. The first-order valence-corrected chi connectivity index (χ1v) is 8.59. The van der Waals surface area contributed by atoms with Gasteiger partial charge in [0.1, 0.15) is 5.60 Å². The van der Waals surface area contributed by atoms with Crippen LogP contribution in [0, 0.1) is 11.6 Å². The molecule has 1 N–H and O–H groups in total. The Kier molecular flexibility index (Phi) is 6.52. The third kappa shape index (κ3) is 5.94. The van der Waals surface area contributed by atoms with Gasteiger partial charge in [-0.15, -0.1) is 0 Å². The number of amides is 2. The summed E-state index contributed by atoms with van der Waals surface area (Å²) in [5, 5.41) is 2.68. The molecular formula is C18H25F2N3O3. The summed E-state index contributed by atoms with van der Waals surface area (Å²) in [6.07, 6.45) is -0.316. The van der Waals surface area contributed by atoms with E-state index in [1.807, 2.05) is 20.8 Å². The molecule has 1 aliphatic rings. The van der Waals surface area contributed by atoms with Crippen molar-refractivity contribution in [2.75, 3.05) is 39.3 Å². The molecule has 0 saturated carbocycles. The monoisotopic (exact) mass is 369 g/mol. The predicted molar refractivity (Wildman–Crippen MR) is 92.9 cm³/mol. The highest BCUT2D eigenvalue weighted by Crippen LogP contribution is 2.12. The highest BCUT2D eigenvalue weighted by Gasteiger charge is 2.25. The Bertz CT molecular complexity index is 654. The molecule has 6 nitrogen and oxygen atoms in total. The lowest BCUT2D eigenvalue weighted by atomic mass is 10.2. The second-order valence-corrected chi connectivity index (χ2v) is 7.19. The van der Waals surface area contributed by atoms with Crippen LogP contribution >= 0.6 is 0 Å². The van der Waals surface area contributed by atoms with Gasteiger partial charge in [-0.25, -0.2) is 13.6 Å². The zero-order valence-electron chi connectivity index (χ0n) is 15.3. The fourth-order valence-electron chi connectivity index (χ4n) is 2.55. The number of halogens is 2. The maximum atomic E-state index is 13.2. The molecule has 0 aromatic heterocycles. The fourth-order valence-corrected chi connectivity index (χ4v) is 2.55. The molecule has 0 aliphatic carbocycles. The molecule has 0 atom stereocenters. The SMILES string of the molecule is CC(C)(C)OC(=O)N1CCN(CCNC(=O)c2ccc(F)c(F)c2)CC1. The topological polar surface area (TPSA) is 61.9 Å². The van der Waals surface area contributed by atoms with Crippen LogP contribution in [0.2, 0.25) is 0 Å². The van der Waals surface area contributed by atoms with Crippen molar-refractivity contribution in [1.29, 1.82) is 0 Å². The summed E-state index contributed by atoms with van der Waals surface area (Å²) >= 11 is 0. The number of carbonyl (C=O) groups excluding carboxylic acids is 2. The summed E-state index contributed by atoms with van der Waals surface area (Å²) < 4.78 is 31.4. The van der Waals surface area contributed by atoms with Crippen LogP contribution in [0.4, 0.5) is 13.6 Å². The van der Waals surface area contributed by atoms with Crippen LogP contribution in [0.5, 0.6) is 0 Å². The molecule has 0 spiro atoms. The third-order valence-electron chi connectivity index (χ3n) is 3.92. The highest BCUT2D eigenvalue weighted by molar-refractivity contribution is 5.94. The third-order valence-corrected chi connectivity index (χ3v) is 3.92. The van der Waals surface area contributed by atoms with Gasteiger partial charge in [0.25, 0.3) is 5.91 Å². The zero-order chi connectivity index (χ0) is 19.3. The Morgan fingerprint density at radius 1 is 1.12 bits per heavy atom. The van der Waals surface area contributed by atoms with E-state index in [1.165, 1.54) is 6.07 Å². The average molecular weight is 369 g/mol.